The van der Waals surface area contributed by atoms with Crippen molar-refractivity contribution >= 4 is 17.5 Å². The van der Waals surface area contributed by atoms with E-state index in [4.69, 9.17) is 25.8 Å². The van der Waals surface area contributed by atoms with Gasteiger partial charge in [0.1, 0.15) is 6.61 Å². The molecule has 0 aliphatic rings. The molecule has 4 aromatic rings. The molecule has 7 nitrogen and oxygen atoms in total. The van der Waals surface area contributed by atoms with Crippen LogP contribution >= 0.6 is 11.6 Å². The van der Waals surface area contributed by atoms with E-state index in [1.165, 1.54) is 14.2 Å². The van der Waals surface area contributed by atoms with Gasteiger partial charge in [-0.3, -0.25) is 9.59 Å². The molecule has 1 N–H and O–H groups in total. The molecule has 0 fully saturated rings. The first-order valence-corrected chi connectivity index (χ1v) is 12.5. The van der Waals surface area contributed by atoms with E-state index in [1.54, 1.807) is 22.9 Å². The van der Waals surface area contributed by atoms with E-state index in [1.807, 2.05) is 72.8 Å². The van der Waals surface area contributed by atoms with Gasteiger partial charge in [0.05, 0.1) is 6.54 Å². The summed E-state index contributed by atoms with van der Waals surface area (Å²) in [5, 5.41) is 3.46. The fourth-order valence-electron chi connectivity index (χ4n) is 4.02. The van der Waals surface area contributed by atoms with E-state index in [-0.39, 0.29) is 36.6 Å². The molecule has 8 heteroatoms. The standard InChI is InChI=1S/C30H29ClN2O5/c1-36-26(37-2)19-33-18-25(23-13-7-4-8-14-23)28(34)29(38-20-21-10-5-3-6-11-21)27(33)30(35)32-17-22-12-9-15-24(31)16-22/h3-16,18,26H,17,19-20H2,1-2H3,(H,32,35). The number of nitrogens with one attached hydrogen (secondary N) is 1. The Hall–Kier alpha value is -3.91. The first-order valence-electron chi connectivity index (χ1n) is 12.1. The lowest BCUT2D eigenvalue weighted by Crippen LogP contribution is -2.33. The molecule has 0 radical (unpaired) electrons. The number of aromatic nitrogens is 1. The zero-order valence-corrected chi connectivity index (χ0v) is 22.0. The molecule has 196 valence electrons. The average Bonchev–Trinajstić information content (AvgIpc) is 2.95. The Labute approximate surface area is 226 Å². The number of methoxy groups -OCH3 is 2. The van der Waals surface area contributed by atoms with Gasteiger partial charge in [-0.2, -0.15) is 0 Å². The van der Waals surface area contributed by atoms with E-state index in [0.717, 1.165) is 11.1 Å². The van der Waals surface area contributed by atoms with E-state index in [9.17, 15) is 9.59 Å². The molecule has 1 amide bonds. The smallest absolute Gasteiger partial charge is 0.272 e. The van der Waals surface area contributed by atoms with Gasteiger partial charge in [-0.1, -0.05) is 84.4 Å². The highest BCUT2D eigenvalue weighted by Gasteiger charge is 2.25. The highest BCUT2D eigenvalue weighted by Crippen LogP contribution is 2.24. The lowest BCUT2D eigenvalue weighted by atomic mass is 10.1. The van der Waals surface area contributed by atoms with Crippen molar-refractivity contribution in [3.63, 3.8) is 0 Å². The summed E-state index contributed by atoms with van der Waals surface area (Å²) in [6.45, 7) is 0.472. The van der Waals surface area contributed by atoms with Crippen LogP contribution in [-0.2, 0) is 29.2 Å². The lowest BCUT2D eigenvalue weighted by Gasteiger charge is -2.22. The lowest BCUT2D eigenvalue weighted by molar-refractivity contribution is -0.111. The Morgan fingerprint density at radius 3 is 2.24 bits per heavy atom. The predicted molar refractivity (Wildman–Crippen MR) is 147 cm³/mol. The van der Waals surface area contributed by atoms with Crippen LogP contribution in [0.1, 0.15) is 21.6 Å². The number of hydrogen-bond acceptors (Lipinski definition) is 5. The Bertz CT molecular complexity index is 1420. The van der Waals surface area contributed by atoms with Gasteiger partial charge in [0.2, 0.25) is 5.43 Å². The quantitative estimate of drug-likeness (QED) is 0.265. The van der Waals surface area contributed by atoms with E-state index >= 15 is 0 Å². The summed E-state index contributed by atoms with van der Waals surface area (Å²) >= 11 is 6.11. The molecule has 0 bridgehead atoms. The molecule has 0 aliphatic carbocycles. The van der Waals surface area contributed by atoms with E-state index < -0.39 is 12.2 Å². The van der Waals surface area contributed by atoms with Crippen LogP contribution in [0.25, 0.3) is 11.1 Å². The number of carbonyl (C=O) groups is 1. The van der Waals surface area contributed by atoms with Crippen molar-refractivity contribution in [2.24, 2.45) is 0 Å². The molecule has 4 rings (SSSR count). The van der Waals surface area contributed by atoms with Gasteiger partial charge < -0.3 is 24.1 Å². The largest absolute Gasteiger partial charge is 0.483 e. The van der Waals surface area contributed by atoms with Gasteiger partial charge in [-0.25, -0.2) is 0 Å². The summed E-state index contributed by atoms with van der Waals surface area (Å²) in [5.41, 5.74) is 2.47. The molecular weight excluding hydrogens is 504 g/mol. The normalized spacial score (nSPS) is 10.9. The number of amides is 1. The van der Waals surface area contributed by atoms with Crippen LogP contribution in [0.4, 0.5) is 0 Å². The maximum Gasteiger partial charge on any atom is 0.272 e. The van der Waals surface area contributed by atoms with Crippen molar-refractivity contribution in [3.05, 3.63) is 123 Å². The molecule has 1 heterocycles. The molecule has 0 aliphatic heterocycles. The number of rotatable bonds is 11. The fraction of sp³-hybridized carbons (Fsp3) is 0.200. The van der Waals surface area contributed by atoms with Gasteiger partial charge in [-0.05, 0) is 28.8 Å². The highest BCUT2D eigenvalue weighted by atomic mass is 35.5. The zero-order chi connectivity index (χ0) is 26.9. The van der Waals surface area contributed by atoms with Crippen LogP contribution in [0.3, 0.4) is 0 Å². The molecule has 1 aromatic heterocycles. The molecule has 0 unspecified atom stereocenters. The predicted octanol–water partition coefficient (Wildman–Crippen LogP) is 5.30. The minimum absolute atomic E-state index is 0.0512. The van der Waals surface area contributed by atoms with Crippen LogP contribution in [0.15, 0.2) is 95.9 Å². The molecule has 38 heavy (non-hydrogen) atoms. The number of halogens is 1. The Kier molecular flexibility index (Phi) is 9.32. The minimum Gasteiger partial charge on any atom is -0.483 e. The van der Waals surface area contributed by atoms with Crippen LogP contribution in [0.5, 0.6) is 5.75 Å². The fourth-order valence-corrected chi connectivity index (χ4v) is 4.24. The number of carbonyl (C=O) groups excluding carboxylic acids is 1. The number of pyridine rings is 1. The Balaban J connectivity index is 1.81. The number of benzene rings is 3. The molecule has 0 saturated heterocycles. The maximum absolute atomic E-state index is 13.8. The second kappa shape index (κ2) is 13.1. The van der Waals surface area contributed by atoms with Crippen molar-refractivity contribution in [3.8, 4) is 16.9 Å². The summed E-state index contributed by atoms with van der Waals surface area (Å²) in [7, 11) is 3.03. The molecule has 3 aromatic carbocycles. The van der Waals surface area contributed by atoms with Crippen molar-refractivity contribution in [2.45, 2.75) is 26.0 Å². The van der Waals surface area contributed by atoms with Gasteiger partial charge in [0.25, 0.3) is 5.91 Å². The minimum atomic E-state index is -0.664. The summed E-state index contributed by atoms with van der Waals surface area (Å²) in [6.07, 6.45) is 0.981. The second-order valence-corrected chi connectivity index (χ2v) is 8.99. The first kappa shape index (κ1) is 27.1. The third-order valence-corrected chi connectivity index (χ3v) is 6.21. The maximum atomic E-state index is 13.8. The van der Waals surface area contributed by atoms with Crippen LogP contribution in [0.2, 0.25) is 5.02 Å². The monoisotopic (exact) mass is 532 g/mol. The SMILES string of the molecule is COC(Cn1cc(-c2ccccc2)c(=O)c(OCc2ccccc2)c1C(=O)NCc1cccc(Cl)c1)OC. The summed E-state index contributed by atoms with van der Waals surface area (Å²) in [5.74, 6) is -0.527. The molecule has 0 spiro atoms. The second-order valence-electron chi connectivity index (χ2n) is 8.56. The highest BCUT2D eigenvalue weighted by molar-refractivity contribution is 6.30. The Morgan fingerprint density at radius 1 is 0.921 bits per heavy atom. The van der Waals surface area contributed by atoms with Gasteiger partial charge in [0.15, 0.2) is 17.7 Å². The molecular formula is C30H29ClN2O5. The molecule has 0 saturated carbocycles. The number of hydrogen-bond donors (Lipinski definition) is 1. The van der Waals surface area contributed by atoms with Crippen LogP contribution in [0, 0.1) is 0 Å². The van der Waals surface area contributed by atoms with Gasteiger partial charge >= 0.3 is 0 Å². The van der Waals surface area contributed by atoms with E-state index in [2.05, 4.69) is 5.32 Å². The zero-order valence-electron chi connectivity index (χ0n) is 21.2. The molecule has 0 atom stereocenters. The van der Waals surface area contributed by atoms with Crippen molar-refractivity contribution in [2.75, 3.05) is 14.2 Å². The summed E-state index contributed by atoms with van der Waals surface area (Å²) in [4.78, 5) is 27.5. The van der Waals surface area contributed by atoms with Gasteiger partial charge in [-0.15, -0.1) is 0 Å². The van der Waals surface area contributed by atoms with Crippen molar-refractivity contribution in [1.29, 1.82) is 0 Å². The van der Waals surface area contributed by atoms with Crippen molar-refractivity contribution < 1.29 is 19.0 Å². The average molecular weight is 533 g/mol. The Morgan fingerprint density at radius 2 is 1.58 bits per heavy atom. The number of ether oxygens (including phenoxy) is 3. The third-order valence-electron chi connectivity index (χ3n) is 5.98. The number of nitrogens with zero attached hydrogens (tertiary/aromatic N) is 1. The van der Waals surface area contributed by atoms with Crippen LogP contribution in [-0.4, -0.2) is 31.0 Å². The third kappa shape index (κ3) is 6.69. The first-order chi connectivity index (χ1) is 18.5. The van der Waals surface area contributed by atoms with Crippen molar-refractivity contribution in [1.82, 2.24) is 9.88 Å². The topological polar surface area (TPSA) is 78.8 Å². The summed E-state index contributed by atoms with van der Waals surface area (Å²) < 4.78 is 18.6. The summed E-state index contributed by atoms with van der Waals surface area (Å²) in [6, 6.07) is 25.9. The van der Waals surface area contributed by atoms with Crippen LogP contribution < -0.4 is 15.5 Å². The van der Waals surface area contributed by atoms with Gasteiger partial charge in [0, 0.05) is 37.5 Å². The van der Waals surface area contributed by atoms with E-state index in [0.29, 0.717) is 16.1 Å².